The minimum Gasteiger partial charge on any atom is -0.292 e. The molecule has 1 saturated heterocycles. The van der Waals surface area contributed by atoms with Crippen LogP contribution in [-0.4, -0.2) is 29.0 Å². The molecule has 6 heteroatoms. The first-order valence-corrected chi connectivity index (χ1v) is 8.18. The van der Waals surface area contributed by atoms with Crippen LogP contribution in [0.25, 0.3) is 0 Å². The van der Waals surface area contributed by atoms with Crippen LogP contribution < -0.4 is 0 Å². The number of nitrogens with zero attached hydrogens (tertiary/aromatic N) is 2. The zero-order chi connectivity index (χ0) is 16.4. The lowest BCUT2D eigenvalue weighted by Crippen LogP contribution is -2.28. The first-order chi connectivity index (χ1) is 11.0. The number of benzene rings is 2. The van der Waals surface area contributed by atoms with Gasteiger partial charge in [0.25, 0.3) is 0 Å². The van der Waals surface area contributed by atoms with Gasteiger partial charge in [-0.05, 0) is 29.3 Å². The van der Waals surface area contributed by atoms with Crippen LogP contribution in [-0.2, 0) is 6.54 Å². The molecule has 0 bridgehead atoms. The quantitative estimate of drug-likeness (QED) is 0.599. The Balaban J connectivity index is 1.84. The summed E-state index contributed by atoms with van der Waals surface area (Å²) < 4.78 is 14.3. The number of rotatable bonds is 4. The van der Waals surface area contributed by atoms with Gasteiger partial charge in [0.1, 0.15) is 5.82 Å². The molecule has 2 aromatic carbocycles. The topological polar surface area (TPSA) is 46.4 Å². The maximum Gasteiger partial charge on any atom is 0.233 e. The molecule has 120 valence electrons. The second-order valence-electron chi connectivity index (χ2n) is 5.80. The lowest BCUT2D eigenvalue weighted by atomic mass is 9.94. The molecule has 1 fully saturated rings. The zero-order valence-electron chi connectivity index (χ0n) is 12.4. The van der Waals surface area contributed by atoms with Crippen LogP contribution in [0.2, 0.25) is 0 Å². The molecule has 1 heterocycles. The maximum atomic E-state index is 13.6. The summed E-state index contributed by atoms with van der Waals surface area (Å²) in [6, 6.07) is 13.5. The Morgan fingerprint density at radius 1 is 1.22 bits per heavy atom. The maximum absolute atomic E-state index is 13.6. The SMILES string of the molecule is O=[N+]([O-])C1CN(Cc2ccccc2)CC1c1cc(F)ccc1Br. The monoisotopic (exact) mass is 378 g/mol. The minimum absolute atomic E-state index is 0.243. The molecule has 3 rings (SSSR count). The third kappa shape index (κ3) is 3.59. The van der Waals surface area contributed by atoms with Gasteiger partial charge in [-0.1, -0.05) is 46.3 Å². The molecule has 0 spiro atoms. The fourth-order valence-electron chi connectivity index (χ4n) is 3.15. The van der Waals surface area contributed by atoms with Gasteiger partial charge in [0.2, 0.25) is 6.04 Å². The lowest BCUT2D eigenvalue weighted by molar-refractivity contribution is -0.521. The fourth-order valence-corrected chi connectivity index (χ4v) is 3.70. The zero-order valence-corrected chi connectivity index (χ0v) is 13.9. The summed E-state index contributed by atoms with van der Waals surface area (Å²) in [6.45, 7) is 1.58. The van der Waals surface area contributed by atoms with E-state index in [9.17, 15) is 14.5 Å². The Bertz CT molecular complexity index is 711. The van der Waals surface area contributed by atoms with Crippen molar-refractivity contribution in [1.82, 2.24) is 4.90 Å². The molecule has 23 heavy (non-hydrogen) atoms. The Morgan fingerprint density at radius 2 is 1.96 bits per heavy atom. The van der Waals surface area contributed by atoms with Gasteiger partial charge in [-0.2, -0.15) is 0 Å². The van der Waals surface area contributed by atoms with E-state index >= 15 is 0 Å². The third-order valence-corrected chi connectivity index (χ3v) is 4.96. The first kappa shape index (κ1) is 16.1. The van der Waals surface area contributed by atoms with Crippen LogP contribution in [0.3, 0.4) is 0 Å². The lowest BCUT2D eigenvalue weighted by Gasteiger charge is -2.16. The van der Waals surface area contributed by atoms with Crippen molar-refractivity contribution in [3.05, 3.63) is 80.1 Å². The predicted molar refractivity (Wildman–Crippen MR) is 89.3 cm³/mol. The minimum atomic E-state index is -0.725. The molecule has 2 atom stereocenters. The highest BCUT2D eigenvalue weighted by atomic mass is 79.9. The van der Waals surface area contributed by atoms with Gasteiger partial charge >= 0.3 is 0 Å². The Morgan fingerprint density at radius 3 is 2.65 bits per heavy atom. The highest BCUT2D eigenvalue weighted by Gasteiger charge is 2.42. The highest BCUT2D eigenvalue weighted by molar-refractivity contribution is 9.10. The summed E-state index contributed by atoms with van der Waals surface area (Å²) >= 11 is 3.40. The van der Waals surface area contributed by atoms with E-state index in [0.717, 1.165) is 10.0 Å². The van der Waals surface area contributed by atoms with Crippen molar-refractivity contribution in [3.63, 3.8) is 0 Å². The van der Waals surface area contributed by atoms with E-state index in [4.69, 9.17) is 0 Å². The molecule has 0 N–H and O–H groups in total. The Hall–Kier alpha value is -1.79. The van der Waals surface area contributed by atoms with Crippen molar-refractivity contribution >= 4 is 15.9 Å². The molecular formula is C17H16BrFN2O2. The van der Waals surface area contributed by atoms with E-state index in [1.807, 2.05) is 30.3 Å². The Kier molecular flexibility index (Phi) is 4.73. The van der Waals surface area contributed by atoms with Gasteiger partial charge in [-0.25, -0.2) is 4.39 Å². The Labute approximate surface area is 142 Å². The highest BCUT2D eigenvalue weighted by Crippen LogP contribution is 2.35. The van der Waals surface area contributed by atoms with Crippen molar-refractivity contribution in [1.29, 1.82) is 0 Å². The molecule has 2 aromatic rings. The second kappa shape index (κ2) is 6.76. The smallest absolute Gasteiger partial charge is 0.233 e. The van der Waals surface area contributed by atoms with Crippen molar-refractivity contribution in [2.24, 2.45) is 0 Å². The van der Waals surface area contributed by atoms with Gasteiger partial charge in [0, 0.05) is 22.5 Å². The average Bonchev–Trinajstić information content (AvgIpc) is 2.94. The van der Waals surface area contributed by atoms with Gasteiger partial charge in [0.05, 0.1) is 12.5 Å². The summed E-state index contributed by atoms with van der Waals surface area (Å²) in [7, 11) is 0. The number of nitro groups is 1. The molecule has 2 unspecified atom stereocenters. The van der Waals surface area contributed by atoms with Crippen LogP contribution in [0.1, 0.15) is 17.0 Å². The number of hydrogen-bond donors (Lipinski definition) is 0. The average molecular weight is 379 g/mol. The van der Waals surface area contributed by atoms with Crippen LogP contribution in [0.5, 0.6) is 0 Å². The number of hydrogen-bond acceptors (Lipinski definition) is 3. The molecule has 0 saturated carbocycles. The molecule has 0 amide bonds. The van der Waals surface area contributed by atoms with Crippen LogP contribution >= 0.6 is 15.9 Å². The van der Waals surface area contributed by atoms with Gasteiger partial charge in [-0.15, -0.1) is 0 Å². The largest absolute Gasteiger partial charge is 0.292 e. The fraction of sp³-hybridized carbons (Fsp3) is 0.294. The summed E-state index contributed by atoms with van der Waals surface area (Å²) in [5, 5.41) is 11.4. The van der Waals surface area contributed by atoms with Gasteiger partial charge in [0.15, 0.2) is 0 Å². The molecule has 0 aromatic heterocycles. The molecular weight excluding hydrogens is 363 g/mol. The molecule has 0 aliphatic carbocycles. The van der Waals surface area contributed by atoms with Crippen molar-refractivity contribution in [2.45, 2.75) is 18.5 Å². The molecule has 1 aliphatic rings. The van der Waals surface area contributed by atoms with E-state index in [1.165, 1.54) is 12.1 Å². The van der Waals surface area contributed by atoms with Crippen LogP contribution in [0, 0.1) is 15.9 Å². The number of likely N-dealkylation sites (tertiary alicyclic amines) is 1. The first-order valence-electron chi connectivity index (χ1n) is 7.39. The van der Waals surface area contributed by atoms with E-state index in [0.29, 0.717) is 25.2 Å². The van der Waals surface area contributed by atoms with Crippen LogP contribution in [0.4, 0.5) is 4.39 Å². The standard InChI is InChI=1S/C17H16BrFN2O2/c18-16-7-6-13(19)8-14(16)15-10-20(11-17(15)21(22)23)9-12-4-2-1-3-5-12/h1-8,15,17H,9-11H2. The van der Waals surface area contributed by atoms with Gasteiger partial charge < -0.3 is 0 Å². The summed E-state index contributed by atoms with van der Waals surface area (Å²) in [4.78, 5) is 13.3. The van der Waals surface area contributed by atoms with E-state index in [2.05, 4.69) is 20.8 Å². The van der Waals surface area contributed by atoms with Crippen molar-refractivity contribution in [3.8, 4) is 0 Å². The van der Waals surface area contributed by atoms with E-state index in [-0.39, 0.29) is 16.7 Å². The van der Waals surface area contributed by atoms with E-state index < -0.39 is 6.04 Å². The molecule has 1 aliphatic heterocycles. The second-order valence-corrected chi connectivity index (χ2v) is 6.66. The normalized spacial score (nSPS) is 21.5. The summed E-state index contributed by atoms with van der Waals surface area (Å²) in [6.07, 6.45) is 0. The van der Waals surface area contributed by atoms with Crippen LogP contribution in [0.15, 0.2) is 53.0 Å². The molecule has 0 radical (unpaired) electrons. The summed E-state index contributed by atoms with van der Waals surface area (Å²) in [5.74, 6) is -0.689. The summed E-state index contributed by atoms with van der Waals surface area (Å²) in [5.41, 5.74) is 1.79. The predicted octanol–water partition coefficient (Wildman–Crippen LogP) is 3.83. The van der Waals surface area contributed by atoms with E-state index in [1.54, 1.807) is 6.07 Å². The van der Waals surface area contributed by atoms with Crippen molar-refractivity contribution < 1.29 is 9.31 Å². The van der Waals surface area contributed by atoms with Gasteiger partial charge in [-0.3, -0.25) is 15.0 Å². The third-order valence-electron chi connectivity index (χ3n) is 4.24. The van der Waals surface area contributed by atoms with Crippen molar-refractivity contribution in [2.75, 3.05) is 13.1 Å². The molecule has 4 nitrogen and oxygen atoms in total. The number of halogens is 2.